The van der Waals surface area contributed by atoms with Gasteiger partial charge in [0.05, 0.1) is 6.10 Å². The lowest BCUT2D eigenvalue weighted by atomic mass is 9.81. The second-order valence-corrected chi connectivity index (χ2v) is 6.81. The van der Waals surface area contributed by atoms with Gasteiger partial charge < -0.3 is 4.74 Å². The molecule has 2 rings (SSSR count). The summed E-state index contributed by atoms with van der Waals surface area (Å²) < 4.78 is 5.86. The van der Waals surface area contributed by atoms with E-state index >= 15 is 0 Å². The van der Waals surface area contributed by atoms with Gasteiger partial charge >= 0.3 is 0 Å². The van der Waals surface area contributed by atoms with Gasteiger partial charge in [-0.3, -0.25) is 0 Å². The van der Waals surface area contributed by atoms with E-state index in [1.165, 1.54) is 51.4 Å². The molecule has 0 amide bonds. The Hall–Kier alpha value is -0.300. The summed E-state index contributed by atoms with van der Waals surface area (Å²) in [5.74, 6) is 2.68. The molecule has 0 aliphatic heterocycles. The third kappa shape index (κ3) is 5.30. The molecule has 0 aromatic heterocycles. The standard InChI is InChI=1S/C18H32O/c1-3-14-19-18-12-10-17(11-13-18)9-8-16-6-4-15(2)5-7-16/h8-9,15-18H,3-7,10-14H2,1-2H3. The van der Waals surface area contributed by atoms with E-state index in [0.717, 1.165) is 30.8 Å². The largest absolute Gasteiger partial charge is 0.378 e. The molecule has 110 valence electrons. The van der Waals surface area contributed by atoms with Crippen molar-refractivity contribution in [3.63, 3.8) is 0 Å². The number of allylic oxidation sites excluding steroid dienone is 2. The molecule has 0 N–H and O–H groups in total. The van der Waals surface area contributed by atoms with E-state index in [1.54, 1.807) is 0 Å². The first kappa shape index (κ1) is 15.1. The molecular formula is C18H32O. The fraction of sp³-hybridized carbons (Fsp3) is 0.889. The van der Waals surface area contributed by atoms with Gasteiger partial charge in [-0.25, -0.2) is 0 Å². The molecule has 2 aliphatic carbocycles. The predicted octanol–water partition coefficient (Wildman–Crippen LogP) is 5.35. The van der Waals surface area contributed by atoms with Gasteiger partial charge in [-0.05, 0) is 62.7 Å². The summed E-state index contributed by atoms with van der Waals surface area (Å²) in [6.07, 6.45) is 17.7. The van der Waals surface area contributed by atoms with Crippen LogP contribution in [0.3, 0.4) is 0 Å². The molecule has 2 aliphatic rings. The highest BCUT2D eigenvalue weighted by atomic mass is 16.5. The van der Waals surface area contributed by atoms with E-state index in [-0.39, 0.29) is 0 Å². The summed E-state index contributed by atoms with van der Waals surface area (Å²) >= 11 is 0. The molecule has 0 atom stereocenters. The number of hydrogen-bond acceptors (Lipinski definition) is 1. The summed E-state index contributed by atoms with van der Waals surface area (Å²) in [5, 5.41) is 0. The minimum atomic E-state index is 0.556. The Balaban J connectivity index is 1.64. The van der Waals surface area contributed by atoms with Crippen LogP contribution in [0.5, 0.6) is 0 Å². The lowest BCUT2D eigenvalue weighted by molar-refractivity contribution is 0.0226. The molecule has 1 nitrogen and oxygen atoms in total. The van der Waals surface area contributed by atoms with E-state index in [4.69, 9.17) is 4.74 Å². The van der Waals surface area contributed by atoms with Crippen LogP contribution in [0.2, 0.25) is 0 Å². The third-order valence-corrected chi connectivity index (χ3v) is 4.99. The van der Waals surface area contributed by atoms with Crippen molar-refractivity contribution in [3.05, 3.63) is 12.2 Å². The Morgan fingerprint density at radius 3 is 1.89 bits per heavy atom. The van der Waals surface area contributed by atoms with Gasteiger partial charge in [-0.2, -0.15) is 0 Å². The molecule has 0 unspecified atom stereocenters. The fourth-order valence-electron chi connectivity index (χ4n) is 3.52. The van der Waals surface area contributed by atoms with Crippen molar-refractivity contribution < 1.29 is 4.74 Å². The maximum Gasteiger partial charge on any atom is 0.0575 e. The zero-order valence-electron chi connectivity index (χ0n) is 12.9. The molecule has 0 heterocycles. The SMILES string of the molecule is CCCOC1CCC(C=CC2CCC(C)CC2)CC1. The molecule has 19 heavy (non-hydrogen) atoms. The molecule has 0 spiro atoms. The summed E-state index contributed by atoms with van der Waals surface area (Å²) in [7, 11) is 0. The maximum atomic E-state index is 5.86. The third-order valence-electron chi connectivity index (χ3n) is 4.99. The van der Waals surface area contributed by atoms with Crippen molar-refractivity contribution in [1.82, 2.24) is 0 Å². The predicted molar refractivity (Wildman–Crippen MR) is 82.3 cm³/mol. The van der Waals surface area contributed by atoms with Crippen molar-refractivity contribution in [2.45, 2.75) is 77.7 Å². The lowest BCUT2D eigenvalue weighted by Gasteiger charge is -2.28. The lowest BCUT2D eigenvalue weighted by Crippen LogP contribution is -2.21. The maximum absolute atomic E-state index is 5.86. The van der Waals surface area contributed by atoms with Crippen molar-refractivity contribution in [1.29, 1.82) is 0 Å². The summed E-state index contributed by atoms with van der Waals surface area (Å²) in [4.78, 5) is 0. The fourth-order valence-corrected chi connectivity index (χ4v) is 3.52. The Morgan fingerprint density at radius 2 is 1.37 bits per heavy atom. The molecule has 2 saturated carbocycles. The quantitative estimate of drug-likeness (QED) is 0.608. The Labute approximate surface area is 119 Å². The Morgan fingerprint density at radius 1 is 0.842 bits per heavy atom. The van der Waals surface area contributed by atoms with Gasteiger partial charge in [0, 0.05) is 6.61 Å². The minimum absolute atomic E-state index is 0.556. The topological polar surface area (TPSA) is 9.23 Å². The second kappa shape index (κ2) is 8.09. The van der Waals surface area contributed by atoms with E-state index < -0.39 is 0 Å². The van der Waals surface area contributed by atoms with Crippen LogP contribution < -0.4 is 0 Å². The van der Waals surface area contributed by atoms with Gasteiger partial charge in [0.2, 0.25) is 0 Å². The summed E-state index contributed by atoms with van der Waals surface area (Å²) in [6, 6.07) is 0. The number of hydrogen-bond donors (Lipinski definition) is 0. The first-order valence-corrected chi connectivity index (χ1v) is 8.57. The number of ether oxygens (including phenoxy) is 1. The monoisotopic (exact) mass is 264 g/mol. The van der Waals surface area contributed by atoms with E-state index in [1.807, 2.05) is 0 Å². The Kier molecular flexibility index (Phi) is 6.43. The van der Waals surface area contributed by atoms with Crippen molar-refractivity contribution in [2.75, 3.05) is 6.61 Å². The van der Waals surface area contributed by atoms with Crippen LogP contribution in [0.15, 0.2) is 12.2 Å². The van der Waals surface area contributed by atoms with Gasteiger partial charge in [-0.1, -0.05) is 38.8 Å². The smallest absolute Gasteiger partial charge is 0.0575 e. The van der Waals surface area contributed by atoms with Gasteiger partial charge in [0.25, 0.3) is 0 Å². The van der Waals surface area contributed by atoms with Crippen LogP contribution >= 0.6 is 0 Å². The summed E-state index contributed by atoms with van der Waals surface area (Å²) in [5.41, 5.74) is 0. The van der Waals surface area contributed by atoms with Crippen LogP contribution in [0, 0.1) is 17.8 Å². The molecule has 0 radical (unpaired) electrons. The van der Waals surface area contributed by atoms with E-state index in [2.05, 4.69) is 26.0 Å². The molecule has 0 saturated heterocycles. The molecule has 1 heteroatoms. The van der Waals surface area contributed by atoms with Crippen LogP contribution in [-0.2, 0) is 4.74 Å². The highest BCUT2D eigenvalue weighted by Crippen LogP contribution is 2.31. The number of rotatable bonds is 5. The van der Waals surface area contributed by atoms with Gasteiger partial charge in [0.15, 0.2) is 0 Å². The normalized spacial score (nSPS) is 36.7. The molecule has 0 bridgehead atoms. The Bertz CT molecular complexity index is 255. The van der Waals surface area contributed by atoms with Crippen molar-refractivity contribution >= 4 is 0 Å². The van der Waals surface area contributed by atoms with Gasteiger partial charge in [0.1, 0.15) is 0 Å². The van der Waals surface area contributed by atoms with Crippen molar-refractivity contribution in [2.24, 2.45) is 17.8 Å². The first-order chi connectivity index (χ1) is 9.28. The highest BCUT2D eigenvalue weighted by Gasteiger charge is 2.20. The van der Waals surface area contributed by atoms with Crippen LogP contribution in [0.4, 0.5) is 0 Å². The van der Waals surface area contributed by atoms with Gasteiger partial charge in [-0.15, -0.1) is 0 Å². The molecule has 2 fully saturated rings. The van der Waals surface area contributed by atoms with Crippen LogP contribution in [0.1, 0.15) is 71.6 Å². The van der Waals surface area contributed by atoms with Crippen LogP contribution in [-0.4, -0.2) is 12.7 Å². The van der Waals surface area contributed by atoms with E-state index in [9.17, 15) is 0 Å². The summed E-state index contributed by atoms with van der Waals surface area (Å²) in [6.45, 7) is 5.54. The molecule has 0 aromatic carbocycles. The zero-order chi connectivity index (χ0) is 13.5. The van der Waals surface area contributed by atoms with Crippen LogP contribution in [0.25, 0.3) is 0 Å². The van der Waals surface area contributed by atoms with Crippen molar-refractivity contribution in [3.8, 4) is 0 Å². The minimum Gasteiger partial charge on any atom is -0.378 e. The first-order valence-electron chi connectivity index (χ1n) is 8.57. The average Bonchev–Trinajstić information content (AvgIpc) is 2.46. The van der Waals surface area contributed by atoms with E-state index in [0.29, 0.717) is 6.10 Å². The zero-order valence-corrected chi connectivity index (χ0v) is 12.9. The molecule has 0 aromatic rings. The highest BCUT2D eigenvalue weighted by molar-refractivity contribution is 4.96. The average molecular weight is 264 g/mol. The second-order valence-electron chi connectivity index (χ2n) is 6.81. The molecular weight excluding hydrogens is 232 g/mol.